The second-order valence-electron chi connectivity index (χ2n) is 4.26. The summed E-state index contributed by atoms with van der Waals surface area (Å²) in [4.78, 5) is 13.1. The smallest absolute Gasteiger partial charge is 0.236 e. The number of nitrogens with one attached hydrogen (secondary N) is 1. The van der Waals surface area contributed by atoms with Gasteiger partial charge in [0, 0.05) is 13.6 Å². The molecule has 14 heavy (non-hydrogen) atoms. The lowest BCUT2D eigenvalue weighted by molar-refractivity contribution is -0.128. The van der Waals surface area contributed by atoms with Crippen molar-refractivity contribution in [2.75, 3.05) is 26.7 Å². The Bertz CT molecular complexity index is 169. The first-order valence-corrected chi connectivity index (χ1v) is 5.43. The fourth-order valence-corrected chi connectivity index (χ4v) is 0.954. The molecule has 3 nitrogen and oxygen atoms in total. The van der Waals surface area contributed by atoms with Crippen LogP contribution in [0.3, 0.4) is 0 Å². The molecule has 0 heterocycles. The van der Waals surface area contributed by atoms with Crippen LogP contribution in [-0.2, 0) is 4.79 Å². The van der Waals surface area contributed by atoms with Crippen LogP contribution in [0.15, 0.2) is 0 Å². The summed E-state index contributed by atoms with van der Waals surface area (Å²) in [6.45, 7) is 10.7. The van der Waals surface area contributed by atoms with Crippen molar-refractivity contribution in [2.24, 2.45) is 11.8 Å². The van der Waals surface area contributed by atoms with Gasteiger partial charge in [-0.05, 0) is 25.3 Å². The topological polar surface area (TPSA) is 32.3 Å². The van der Waals surface area contributed by atoms with Gasteiger partial charge in [-0.25, -0.2) is 0 Å². The molecule has 0 spiro atoms. The van der Waals surface area contributed by atoms with Crippen molar-refractivity contribution in [3.05, 3.63) is 0 Å². The number of carbonyl (C=O) groups is 1. The van der Waals surface area contributed by atoms with Crippen molar-refractivity contribution in [1.29, 1.82) is 0 Å². The molecule has 1 amide bonds. The molecule has 0 saturated heterocycles. The molecule has 0 aliphatic heterocycles. The highest BCUT2D eigenvalue weighted by atomic mass is 16.2. The van der Waals surface area contributed by atoms with E-state index < -0.39 is 0 Å². The second kappa shape index (κ2) is 6.82. The third kappa shape index (κ3) is 5.22. The quantitative estimate of drug-likeness (QED) is 0.702. The fraction of sp³-hybridized carbons (Fsp3) is 0.909. The summed E-state index contributed by atoms with van der Waals surface area (Å²) < 4.78 is 0. The molecule has 0 aliphatic rings. The van der Waals surface area contributed by atoms with E-state index in [1.54, 1.807) is 4.90 Å². The van der Waals surface area contributed by atoms with E-state index >= 15 is 0 Å². The Hall–Kier alpha value is -0.570. The summed E-state index contributed by atoms with van der Waals surface area (Å²) in [7, 11) is 1.83. The van der Waals surface area contributed by atoms with E-state index in [-0.39, 0.29) is 5.91 Å². The van der Waals surface area contributed by atoms with Crippen LogP contribution in [0.4, 0.5) is 0 Å². The summed E-state index contributed by atoms with van der Waals surface area (Å²) in [6.07, 6.45) is 0. The van der Waals surface area contributed by atoms with Gasteiger partial charge in [0.05, 0.1) is 6.54 Å². The molecule has 1 atom stereocenters. The zero-order valence-electron chi connectivity index (χ0n) is 10.1. The minimum atomic E-state index is 0.170. The van der Waals surface area contributed by atoms with Crippen LogP contribution in [0.5, 0.6) is 0 Å². The average molecular weight is 200 g/mol. The Balaban J connectivity index is 3.59. The molecule has 1 N–H and O–H groups in total. The number of hydrogen-bond donors (Lipinski definition) is 1. The second-order valence-corrected chi connectivity index (χ2v) is 4.26. The molecule has 0 aromatic carbocycles. The van der Waals surface area contributed by atoms with Gasteiger partial charge in [0.15, 0.2) is 0 Å². The van der Waals surface area contributed by atoms with Gasteiger partial charge >= 0.3 is 0 Å². The molecule has 3 heteroatoms. The number of hydrogen-bond acceptors (Lipinski definition) is 2. The highest BCUT2D eigenvalue weighted by Crippen LogP contribution is 2.07. The van der Waals surface area contributed by atoms with Crippen molar-refractivity contribution in [3.63, 3.8) is 0 Å². The van der Waals surface area contributed by atoms with Gasteiger partial charge in [0.25, 0.3) is 0 Å². The predicted molar refractivity (Wildman–Crippen MR) is 60.2 cm³/mol. The lowest BCUT2D eigenvalue weighted by atomic mass is 9.98. The van der Waals surface area contributed by atoms with Gasteiger partial charge in [0.1, 0.15) is 0 Å². The molecule has 84 valence electrons. The van der Waals surface area contributed by atoms with Crippen LogP contribution in [0.25, 0.3) is 0 Å². The molecule has 0 aromatic rings. The van der Waals surface area contributed by atoms with E-state index in [1.807, 2.05) is 14.0 Å². The van der Waals surface area contributed by atoms with Gasteiger partial charge < -0.3 is 10.2 Å². The van der Waals surface area contributed by atoms with Crippen LogP contribution >= 0.6 is 0 Å². The number of rotatable bonds is 6. The van der Waals surface area contributed by atoms with Crippen molar-refractivity contribution >= 4 is 5.91 Å². The van der Waals surface area contributed by atoms with Crippen molar-refractivity contribution in [1.82, 2.24) is 10.2 Å². The first-order chi connectivity index (χ1) is 6.49. The van der Waals surface area contributed by atoms with Crippen molar-refractivity contribution in [2.45, 2.75) is 27.7 Å². The maximum Gasteiger partial charge on any atom is 0.236 e. The van der Waals surface area contributed by atoms with Crippen LogP contribution in [0, 0.1) is 11.8 Å². The van der Waals surface area contributed by atoms with Crippen LogP contribution in [-0.4, -0.2) is 37.5 Å². The first kappa shape index (κ1) is 13.4. The van der Waals surface area contributed by atoms with E-state index in [0.29, 0.717) is 18.4 Å². The third-order valence-corrected chi connectivity index (χ3v) is 2.78. The monoisotopic (exact) mass is 200 g/mol. The number of carbonyl (C=O) groups excluding carboxylic acids is 1. The molecule has 0 radical (unpaired) electrons. The molecule has 1 unspecified atom stereocenters. The van der Waals surface area contributed by atoms with Crippen LogP contribution < -0.4 is 5.32 Å². The van der Waals surface area contributed by atoms with E-state index in [0.717, 1.165) is 13.1 Å². The average Bonchev–Trinajstić information content (AvgIpc) is 2.15. The van der Waals surface area contributed by atoms with E-state index in [1.165, 1.54) is 0 Å². The predicted octanol–water partition coefficient (Wildman–Crippen LogP) is 1.35. The number of likely N-dealkylation sites (N-methyl/N-ethyl adjacent to an activating group) is 1. The highest BCUT2D eigenvalue weighted by Gasteiger charge is 2.09. The SMILES string of the molecule is CCN(C)C(=O)CNCC(C)C(C)C. The molecular formula is C11H24N2O. The number of nitrogens with zero attached hydrogens (tertiary/aromatic N) is 1. The lowest BCUT2D eigenvalue weighted by Gasteiger charge is -2.18. The van der Waals surface area contributed by atoms with Crippen molar-refractivity contribution in [3.8, 4) is 0 Å². The largest absolute Gasteiger partial charge is 0.345 e. The standard InChI is InChI=1S/C11H24N2O/c1-6-13(5)11(14)8-12-7-10(4)9(2)3/h9-10,12H,6-8H2,1-5H3. The Morgan fingerprint density at radius 2 is 1.93 bits per heavy atom. The Morgan fingerprint density at radius 3 is 2.36 bits per heavy atom. The zero-order chi connectivity index (χ0) is 11.1. The summed E-state index contributed by atoms with van der Waals surface area (Å²) in [6, 6.07) is 0. The minimum absolute atomic E-state index is 0.170. The maximum atomic E-state index is 11.4. The molecule has 0 aromatic heterocycles. The van der Waals surface area contributed by atoms with E-state index in [4.69, 9.17) is 0 Å². The summed E-state index contributed by atoms with van der Waals surface area (Å²) >= 11 is 0. The summed E-state index contributed by atoms with van der Waals surface area (Å²) in [5.74, 6) is 1.46. The Labute approximate surface area is 87.9 Å². The first-order valence-electron chi connectivity index (χ1n) is 5.43. The molecule has 0 rings (SSSR count). The molecule has 0 bridgehead atoms. The number of amides is 1. The van der Waals surface area contributed by atoms with E-state index in [9.17, 15) is 4.79 Å². The van der Waals surface area contributed by atoms with Crippen LogP contribution in [0.2, 0.25) is 0 Å². The minimum Gasteiger partial charge on any atom is -0.345 e. The molecule has 0 aliphatic carbocycles. The van der Waals surface area contributed by atoms with Gasteiger partial charge in [-0.2, -0.15) is 0 Å². The van der Waals surface area contributed by atoms with Crippen LogP contribution in [0.1, 0.15) is 27.7 Å². The maximum absolute atomic E-state index is 11.4. The normalized spacial score (nSPS) is 13.0. The third-order valence-electron chi connectivity index (χ3n) is 2.78. The van der Waals surface area contributed by atoms with Gasteiger partial charge in [-0.1, -0.05) is 20.8 Å². The summed E-state index contributed by atoms with van der Waals surface area (Å²) in [5.41, 5.74) is 0. The zero-order valence-corrected chi connectivity index (χ0v) is 10.1. The van der Waals surface area contributed by atoms with Gasteiger partial charge in [0.2, 0.25) is 5.91 Å². The Kier molecular flexibility index (Phi) is 6.54. The van der Waals surface area contributed by atoms with Gasteiger partial charge in [-0.15, -0.1) is 0 Å². The van der Waals surface area contributed by atoms with E-state index in [2.05, 4.69) is 26.1 Å². The van der Waals surface area contributed by atoms with Crippen molar-refractivity contribution < 1.29 is 4.79 Å². The molecular weight excluding hydrogens is 176 g/mol. The highest BCUT2D eigenvalue weighted by molar-refractivity contribution is 5.77. The molecule has 0 saturated carbocycles. The fourth-order valence-electron chi connectivity index (χ4n) is 0.954. The Morgan fingerprint density at radius 1 is 1.36 bits per heavy atom. The summed E-state index contributed by atoms with van der Waals surface area (Å²) in [5, 5.41) is 3.19. The lowest BCUT2D eigenvalue weighted by Crippen LogP contribution is -2.37. The van der Waals surface area contributed by atoms with Gasteiger partial charge in [-0.3, -0.25) is 4.79 Å². The molecule has 0 fully saturated rings.